The molecule has 0 aromatic heterocycles. The van der Waals surface area contributed by atoms with Crippen LogP contribution in [0.4, 0.5) is 4.79 Å². The van der Waals surface area contributed by atoms with Crippen LogP contribution in [-0.4, -0.2) is 23.5 Å². The van der Waals surface area contributed by atoms with Crippen molar-refractivity contribution in [1.29, 1.82) is 0 Å². The van der Waals surface area contributed by atoms with Gasteiger partial charge in [0.1, 0.15) is 5.60 Å². The predicted octanol–water partition coefficient (Wildman–Crippen LogP) is 4.26. The molecule has 3 nitrogen and oxygen atoms in total. The van der Waals surface area contributed by atoms with E-state index in [1.807, 2.05) is 26.8 Å². The summed E-state index contributed by atoms with van der Waals surface area (Å²) in [6.45, 7) is 11.6. The van der Waals surface area contributed by atoms with E-state index in [1.165, 1.54) is 10.5 Å². The molecule has 108 valence electrons. The van der Waals surface area contributed by atoms with Gasteiger partial charge in [0.25, 0.3) is 0 Å². The Bertz CT molecular complexity index is 395. The third-order valence-electron chi connectivity index (χ3n) is 3.15. The van der Waals surface area contributed by atoms with Crippen LogP contribution in [0.3, 0.4) is 0 Å². The van der Waals surface area contributed by atoms with E-state index >= 15 is 0 Å². The van der Waals surface area contributed by atoms with Gasteiger partial charge in [-0.2, -0.15) is 0 Å². The Hall–Kier alpha value is -0.900. The van der Waals surface area contributed by atoms with Crippen molar-refractivity contribution < 1.29 is 9.53 Å². The second kappa shape index (κ2) is 6.04. The zero-order valence-corrected chi connectivity index (χ0v) is 13.4. The minimum Gasteiger partial charge on any atom is -0.444 e. The van der Waals surface area contributed by atoms with Crippen molar-refractivity contribution in [2.24, 2.45) is 0 Å². The van der Waals surface area contributed by atoms with E-state index in [1.54, 1.807) is 11.8 Å². The van der Waals surface area contributed by atoms with Crippen molar-refractivity contribution in [3.63, 3.8) is 0 Å². The summed E-state index contributed by atoms with van der Waals surface area (Å²) in [6.07, 6.45) is 6.37. The number of hydrogen-bond acceptors (Lipinski definition) is 3. The van der Waals surface area contributed by atoms with Gasteiger partial charge in [0.15, 0.2) is 0 Å². The van der Waals surface area contributed by atoms with Crippen LogP contribution in [0.25, 0.3) is 0 Å². The maximum absolute atomic E-state index is 11.9. The van der Waals surface area contributed by atoms with Crippen LogP contribution in [0, 0.1) is 0 Å². The fourth-order valence-electron chi connectivity index (χ4n) is 2.18. The third-order valence-corrected chi connectivity index (χ3v) is 4.05. The van der Waals surface area contributed by atoms with E-state index in [9.17, 15) is 4.79 Å². The van der Waals surface area contributed by atoms with E-state index in [0.29, 0.717) is 0 Å². The summed E-state index contributed by atoms with van der Waals surface area (Å²) in [4.78, 5) is 13.2. The lowest BCUT2D eigenvalue weighted by Crippen LogP contribution is -2.49. The summed E-state index contributed by atoms with van der Waals surface area (Å²) in [7, 11) is 0. The summed E-state index contributed by atoms with van der Waals surface area (Å²) in [5.74, 6) is 0. The smallest absolute Gasteiger partial charge is 0.408 e. The molecule has 19 heavy (non-hydrogen) atoms. The number of amides is 1. The molecule has 0 aromatic carbocycles. The maximum Gasteiger partial charge on any atom is 0.408 e. The largest absolute Gasteiger partial charge is 0.444 e. The van der Waals surface area contributed by atoms with Gasteiger partial charge in [-0.05, 0) is 57.3 Å². The molecule has 0 fully saturated rings. The van der Waals surface area contributed by atoms with Gasteiger partial charge in [-0.3, -0.25) is 0 Å². The SMILES string of the molecule is C=CC1=C(SC)CC(C)(NC(=O)OC(C)(C)C)CC1. The Labute approximate surface area is 120 Å². The van der Waals surface area contributed by atoms with Gasteiger partial charge in [-0.15, -0.1) is 11.8 Å². The molecule has 0 radical (unpaired) electrons. The lowest BCUT2D eigenvalue weighted by molar-refractivity contribution is 0.0456. The average molecular weight is 283 g/mol. The summed E-state index contributed by atoms with van der Waals surface area (Å²) >= 11 is 1.74. The van der Waals surface area contributed by atoms with Crippen LogP contribution in [0.5, 0.6) is 0 Å². The van der Waals surface area contributed by atoms with Gasteiger partial charge in [0.05, 0.1) is 0 Å². The summed E-state index contributed by atoms with van der Waals surface area (Å²) in [6, 6.07) is 0. The molecule has 1 amide bonds. The second-order valence-electron chi connectivity index (χ2n) is 6.22. The molecule has 1 rings (SSSR count). The molecule has 1 N–H and O–H groups in total. The Morgan fingerprint density at radius 2 is 2.16 bits per heavy atom. The quantitative estimate of drug-likeness (QED) is 0.841. The lowest BCUT2D eigenvalue weighted by Gasteiger charge is -2.36. The molecule has 4 heteroatoms. The van der Waals surface area contributed by atoms with Gasteiger partial charge in [-0.25, -0.2) is 4.79 Å². The number of thioether (sulfide) groups is 1. The Morgan fingerprint density at radius 3 is 2.63 bits per heavy atom. The third kappa shape index (κ3) is 4.94. The molecule has 0 bridgehead atoms. The van der Waals surface area contributed by atoms with Gasteiger partial charge in [-0.1, -0.05) is 12.7 Å². The van der Waals surface area contributed by atoms with Crippen molar-refractivity contribution >= 4 is 17.9 Å². The van der Waals surface area contributed by atoms with E-state index in [0.717, 1.165) is 19.3 Å². The zero-order chi connectivity index (χ0) is 14.7. The number of hydrogen-bond donors (Lipinski definition) is 1. The van der Waals surface area contributed by atoms with Gasteiger partial charge in [0, 0.05) is 12.0 Å². The molecule has 0 spiro atoms. The zero-order valence-electron chi connectivity index (χ0n) is 12.6. The average Bonchev–Trinajstić information content (AvgIpc) is 2.25. The van der Waals surface area contributed by atoms with Crippen molar-refractivity contribution in [2.75, 3.05) is 6.26 Å². The van der Waals surface area contributed by atoms with Crippen LogP contribution < -0.4 is 5.32 Å². The molecule has 1 unspecified atom stereocenters. The van der Waals surface area contributed by atoms with Crippen LogP contribution in [-0.2, 0) is 4.74 Å². The first-order valence-corrected chi connectivity index (χ1v) is 7.81. The predicted molar refractivity (Wildman–Crippen MR) is 82.4 cm³/mol. The summed E-state index contributed by atoms with van der Waals surface area (Å²) < 4.78 is 5.33. The molecule has 0 saturated carbocycles. The maximum atomic E-state index is 11.9. The molecule has 0 aromatic rings. The molecule has 0 saturated heterocycles. The highest BCUT2D eigenvalue weighted by Gasteiger charge is 2.33. The highest BCUT2D eigenvalue weighted by Crippen LogP contribution is 2.37. The summed E-state index contributed by atoms with van der Waals surface area (Å²) in [5, 5.41) is 3.02. The first-order chi connectivity index (χ1) is 8.69. The molecule has 0 aliphatic heterocycles. The van der Waals surface area contributed by atoms with Gasteiger partial charge >= 0.3 is 6.09 Å². The number of allylic oxidation sites excluding steroid dienone is 2. The number of rotatable bonds is 3. The monoisotopic (exact) mass is 283 g/mol. The summed E-state index contributed by atoms with van der Waals surface area (Å²) in [5.41, 5.74) is 0.614. The molecular weight excluding hydrogens is 258 g/mol. The minimum atomic E-state index is -0.459. The van der Waals surface area contributed by atoms with E-state index in [2.05, 4.69) is 25.1 Å². The van der Waals surface area contributed by atoms with Crippen molar-refractivity contribution in [3.8, 4) is 0 Å². The van der Waals surface area contributed by atoms with Gasteiger partial charge < -0.3 is 10.1 Å². The Balaban J connectivity index is 2.72. The lowest BCUT2D eigenvalue weighted by atomic mass is 9.84. The molecule has 1 aliphatic carbocycles. The molecule has 1 aliphatic rings. The molecular formula is C15H25NO2S. The number of carbonyl (C=O) groups is 1. The standard InChI is InChI=1S/C15H25NO2S/c1-7-11-8-9-15(5,10-12(11)19-6)16-13(17)18-14(2,3)4/h7H,1,8-10H2,2-6H3,(H,16,17). The van der Waals surface area contributed by atoms with E-state index < -0.39 is 5.60 Å². The highest BCUT2D eigenvalue weighted by atomic mass is 32.2. The number of ether oxygens (including phenoxy) is 1. The fourth-order valence-corrected chi connectivity index (χ4v) is 3.09. The van der Waals surface area contributed by atoms with E-state index in [-0.39, 0.29) is 11.6 Å². The van der Waals surface area contributed by atoms with Crippen LogP contribution in [0.1, 0.15) is 47.0 Å². The Morgan fingerprint density at radius 1 is 1.53 bits per heavy atom. The van der Waals surface area contributed by atoms with Crippen molar-refractivity contribution in [1.82, 2.24) is 5.32 Å². The van der Waals surface area contributed by atoms with Crippen molar-refractivity contribution in [2.45, 2.75) is 58.1 Å². The van der Waals surface area contributed by atoms with Gasteiger partial charge in [0.2, 0.25) is 0 Å². The van der Waals surface area contributed by atoms with Crippen LogP contribution in [0.15, 0.2) is 23.1 Å². The first kappa shape index (κ1) is 16.2. The number of carbonyl (C=O) groups excluding carboxylic acids is 1. The highest BCUT2D eigenvalue weighted by molar-refractivity contribution is 8.02. The molecule has 0 heterocycles. The normalized spacial score (nSPS) is 24.1. The minimum absolute atomic E-state index is 0.229. The number of nitrogens with one attached hydrogen (secondary N) is 1. The fraction of sp³-hybridized carbons (Fsp3) is 0.667. The van der Waals surface area contributed by atoms with E-state index in [4.69, 9.17) is 4.74 Å². The Kier molecular flexibility index (Phi) is 5.13. The first-order valence-electron chi connectivity index (χ1n) is 6.59. The van der Waals surface area contributed by atoms with Crippen molar-refractivity contribution in [3.05, 3.63) is 23.1 Å². The second-order valence-corrected chi connectivity index (χ2v) is 7.12. The topological polar surface area (TPSA) is 38.3 Å². The van der Waals surface area contributed by atoms with Crippen LogP contribution >= 0.6 is 11.8 Å². The molecule has 1 atom stereocenters. The number of alkyl carbamates (subject to hydrolysis) is 1. The van der Waals surface area contributed by atoms with Crippen LogP contribution in [0.2, 0.25) is 0 Å².